The molecule has 0 bridgehead atoms. The van der Waals surface area contributed by atoms with Gasteiger partial charge in [-0.1, -0.05) is 131 Å². The van der Waals surface area contributed by atoms with Gasteiger partial charge in [0.2, 0.25) is 5.91 Å². The number of nitrogens with two attached hydrogens (primary N) is 1. The topological polar surface area (TPSA) is 72.2 Å². The molecule has 46 heavy (non-hydrogen) atoms. The first-order chi connectivity index (χ1) is 22.2. The summed E-state index contributed by atoms with van der Waals surface area (Å²) in [6.45, 7) is 8.51. The molecule has 0 radical (unpaired) electrons. The molecule has 7 rings (SSSR count). The first-order valence-electron chi connectivity index (χ1n) is 15.9. The van der Waals surface area contributed by atoms with Crippen LogP contribution in [0.25, 0.3) is 55.2 Å². The highest BCUT2D eigenvalue weighted by Gasteiger charge is 2.24. The Morgan fingerprint density at radius 1 is 0.565 bits per heavy atom. The van der Waals surface area contributed by atoms with Gasteiger partial charge in [0.1, 0.15) is 0 Å². The second kappa shape index (κ2) is 11.5. The largest absolute Gasteiger partial charge is 0.366 e. The number of carbonyl (C=O) groups is 2. The summed E-state index contributed by atoms with van der Waals surface area (Å²) in [5.74, 6) is -0.382. The lowest BCUT2D eigenvalue weighted by molar-refractivity contribution is 0.100. The molecule has 0 fully saturated rings. The quantitative estimate of drug-likeness (QED) is 0.109. The number of hydrogen-bond acceptors (Lipinski definition) is 2. The fourth-order valence-corrected chi connectivity index (χ4v) is 6.99. The van der Waals surface area contributed by atoms with E-state index in [-0.39, 0.29) is 17.7 Å². The number of para-hydroxylation sites is 1. The van der Waals surface area contributed by atoms with E-state index in [4.69, 9.17) is 5.73 Å². The maximum atomic E-state index is 14.3. The minimum Gasteiger partial charge on any atom is -0.366 e. The van der Waals surface area contributed by atoms with Crippen LogP contribution >= 0.6 is 0 Å². The summed E-state index contributed by atoms with van der Waals surface area (Å²) in [5, 5.41) is 11.1. The van der Waals surface area contributed by atoms with Crippen molar-refractivity contribution >= 4 is 72.7 Å². The number of carbonyl (C=O) groups excluding carboxylic acids is 2. The van der Waals surface area contributed by atoms with E-state index in [1.54, 1.807) is 6.07 Å². The molecule has 0 heterocycles. The lowest BCUT2D eigenvalue weighted by atomic mass is 9.85. The number of benzene rings is 7. The van der Waals surface area contributed by atoms with Crippen molar-refractivity contribution in [2.45, 2.75) is 39.5 Å². The van der Waals surface area contributed by atoms with E-state index in [1.807, 2.05) is 36.4 Å². The lowest BCUT2D eigenvalue weighted by Gasteiger charge is -2.22. The number of anilines is 1. The average Bonchev–Trinajstić information content (AvgIpc) is 3.06. The Hall–Kier alpha value is -5.48. The van der Waals surface area contributed by atoms with E-state index in [0.717, 1.165) is 65.6 Å². The van der Waals surface area contributed by atoms with Crippen LogP contribution in [-0.4, -0.2) is 11.8 Å². The zero-order valence-corrected chi connectivity index (χ0v) is 26.5. The van der Waals surface area contributed by atoms with E-state index in [1.165, 1.54) is 0 Å². The van der Waals surface area contributed by atoms with Crippen molar-refractivity contribution in [1.29, 1.82) is 0 Å². The summed E-state index contributed by atoms with van der Waals surface area (Å²) in [6, 6.07) is 34.7. The Morgan fingerprint density at radius 3 is 1.78 bits per heavy atom. The van der Waals surface area contributed by atoms with Crippen LogP contribution in [0.15, 0.2) is 103 Å². The summed E-state index contributed by atoms with van der Waals surface area (Å²) < 4.78 is 0. The lowest BCUT2D eigenvalue weighted by Crippen LogP contribution is -2.18. The molecule has 0 saturated heterocycles. The normalized spacial score (nSPS) is 12.0. The maximum Gasteiger partial charge on any atom is 0.256 e. The van der Waals surface area contributed by atoms with Gasteiger partial charge in [-0.2, -0.15) is 0 Å². The van der Waals surface area contributed by atoms with Crippen molar-refractivity contribution in [3.63, 3.8) is 0 Å². The van der Waals surface area contributed by atoms with Gasteiger partial charge in [0, 0.05) is 22.2 Å². The SMILES string of the molecule is CC(C)c1cccc(C(C)C)c1NC(=O)c1ccc2c3cccc4c(C=Cc5ccccc5)ccc(c5ccc(C(N)=O)c1c52)c43. The number of primary amides is 1. The van der Waals surface area contributed by atoms with E-state index >= 15 is 0 Å². The second-order valence-corrected chi connectivity index (χ2v) is 12.7. The first-order valence-corrected chi connectivity index (χ1v) is 15.9. The molecule has 0 unspecified atom stereocenters. The van der Waals surface area contributed by atoms with Gasteiger partial charge in [0.25, 0.3) is 5.91 Å². The Balaban J connectivity index is 1.47. The second-order valence-electron chi connectivity index (χ2n) is 12.7. The molecule has 4 heteroatoms. The molecule has 0 saturated carbocycles. The Kier molecular flexibility index (Phi) is 7.29. The highest BCUT2D eigenvalue weighted by Crippen LogP contribution is 2.43. The number of rotatable bonds is 7. The molecule has 226 valence electrons. The van der Waals surface area contributed by atoms with Gasteiger partial charge in [0.15, 0.2) is 0 Å². The van der Waals surface area contributed by atoms with E-state index in [2.05, 4.69) is 106 Å². The van der Waals surface area contributed by atoms with Crippen molar-refractivity contribution in [1.82, 2.24) is 0 Å². The molecule has 0 aliphatic rings. The summed E-state index contributed by atoms with van der Waals surface area (Å²) >= 11 is 0. The minimum absolute atomic E-state index is 0.218. The molecular formula is C42H36N2O2. The number of nitrogens with one attached hydrogen (secondary N) is 1. The number of amides is 2. The van der Waals surface area contributed by atoms with Crippen LogP contribution in [0.5, 0.6) is 0 Å². The van der Waals surface area contributed by atoms with Gasteiger partial charge in [0.05, 0.1) is 0 Å². The Morgan fingerprint density at radius 2 is 1.13 bits per heavy atom. The predicted molar refractivity (Wildman–Crippen MR) is 194 cm³/mol. The van der Waals surface area contributed by atoms with Crippen LogP contribution in [0, 0.1) is 0 Å². The fourth-order valence-electron chi connectivity index (χ4n) is 6.99. The minimum atomic E-state index is -0.561. The molecule has 0 aliphatic carbocycles. The highest BCUT2D eigenvalue weighted by atomic mass is 16.2. The molecule has 7 aromatic rings. The van der Waals surface area contributed by atoms with Crippen LogP contribution < -0.4 is 11.1 Å². The van der Waals surface area contributed by atoms with Crippen LogP contribution in [0.3, 0.4) is 0 Å². The molecule has 0 atom stereocenters. The zero-order valence-electron chi connectivity index (χ0n) is 26.5. The molecule has 4 nitrogen and oxygen atoms in total. The standard InChI is InChI=1S/C42H36N2O2/c1-24(2)28-12-8-13-29(25(3)4)40(28)44-42(46)36-23-21-33-31-15-9-14-30-27(17-16-26-10-6-5-7-11-26)18-19-32(37(30)31)34-20-22-35(41(43)45)39(36)38(33)34/h5-25H,1-4H3,(H2,43,45)(H,44,46). The Bertz CT molecular complexity index is 2280. The van der Waals surface area contributed by atoms with Crippen molar-refractivity contribution in [2.75, 3.05) is 5.32 Å². The molecule has 2 amide bonds. The smallest absolute Gasteiger partial charge is 0.256 e. The predicted octanol–water partition coefficient (Wildman–Crippen LogP) is 10.5. The summed E-state index contributed by atoms with van der Waals surface area (Å²) in [5.41, 5.74) is 12.0. The van der Waals surface area contributed by atoms with E-state index in [0.29, 0.717) is 16.5 Å². The zero-order chi connectivity index (χ0) is 32.1. The molecule has 7 aromatic carbocycles. The van der Waals surface area contributed by atoms with E-state index in [9.17, 15) is 9.59 Å². The van der Waals surface area contributed by atoms with Gasteiger partial charge in [-0.25, -0.2) is 0 Å². The third-order valence-electron chi connectivity index (χ3n) is 9.19. The maximum absolute atomic E-state index is 14.3. The van der Waals surface area contributed by atoms with Crippen molar-refractivity contribution in [2.24, 2.45) is 5.73 Å². The highest BCUT2D eigenvalue weighted by molar-refractivity contribution is 6.37. The average molecular weight is 601 g/mol. The van der Waals surface area contributed by atoms with Crippen molar-refractivity contribution < 1.29 is 9.59 Å². The molecule has 0 aromatic heterocycles. The van der Waals surface area contributed by atoms with Gasteiger partial charge >= 0.3 is 0 Å². The number of fused-ring (bicyclic) bond motifs is 2. The molecular weight excluding hydrogens is 564 g/mol. The van der Waals surface area contributed by atoms with Gasteiger partial charge in [-0.05, 0) is 83.9 Å². The van der Waals surface area contributed by atoms with Crippen LogP contribution in [0.4, 0.5) is 5.69 Å². The first kappa shape index (κ1) is 29.2. The third kappa shape index (κ3) is 4.78. The van der Waals surface area contributed by atoms with Gasteiger partial charge in [-0.15, -0.1) is 0 Å². The van der Waals surface area contributed by atoms with Crippen LogP contribution in [0.1, 0.15) is 82.5 Å². The van der Waals surface area contributed by atoms with E-state index < -0.39 is 5.91 Å². The van der Waals surface area contributed by atoms with Gasteiger partial charge in [-0.3, -0.25) is 9.59 Å². The summed E-state index contributed by atoms with van der Waals surface area (Å²) in [6.07, 6.45) is 4.29. The fraction of sp³-hybridized carbons (Fsp3) is 0.143. The number of hydrogen-bond donors (Lipinski definition) is 2. The molecule has 3 N–H and O–H groups in total. The summed E-state index contributed by atoms with van der Waals surface area (Å²) in [7, 11) is 0. The molecule has 0 aliphatic heterocycles. The molecule has 0 spiro atoms. The van der Waals surface area contributed by atoms with Gasteiger partial charge < -0.3 is 11.1 Å². The Labute approximate surface area is 268 Å². The van der Waals surface area contributed by atoms with Crippen LogP contribution in [0.2, 0.25) is 0 Å². The third-order valence-corrected chi connectivity index (χ3v) is 9.19. The van der Waals surface area contributed by atoms with Crippen molar-refractivity contribution in [3.05, 3.63) is 137 Å². The van der Waals surface area contributed by atoms with Crippen LogP contribution in [-0.2, 0) is 0 Å². The monoisotopic (exact) mass is 600 g/mol. The summed E-state index contributed by atoms with van der Waals surface area (Å²) in [4.78, 5) is 27.2. The van der Waals surface area contributed by atoms with Crippen molar-refractivity contribution in [3.8, 4) is 0 Å².